The van der Waals surface area contributed by atoms with Crippen molar-refractivity contribution >= 4 is 0 Å². The van der Waals surface area contributed by atoms with Gasteiger partial charge in [-0.2, -0.15) is 0 Å². The molecule has 1 fully saturated rings. The zero-order valence-electron chi connectivity index (χ0n) is 11.0. The molecule has 0 amide bonds. The Labute approximate surface area is 109 Å². The molecule has 4 nitrogen and oxygen atoms in total. The van der Waals surface area contributed by atoms with Gasteiger partial charge >= 0.3 is 0 Å². The summed E-state index contributed by atoms with van der Waals surface area (Å²) in [5.41, 5.74) is 3.40. The molecule has 1 aromatic carbocycles. The normalized spacial score (nSPS) is 16.5. The van der Waals surface area contributed by atoms with Gasteiger partial charge in [-0.3, -0.25) is 5.43 Å². The Bertz CT molecular complexity index is 351. The van der Waals surface area contributed by atoms with Crippen molar-refractivity contribution in [2.75, 3.05) is 33.4 Å². The molecular formula is C14H22N2O2. The molecule has 0 spiro atoms. The van der Waals surface area contributed by atoms with E-state index < -0.39 is 0 Å². The van der Waals surface area contributed by atoms with Crippen molar-refractivity contribution in [1.29, 1.82) is 0 Å². The van der Waals surface area contributed by atoms with Crippen molar-refractivity contribution in [1.82, 2.24) is 10.4 Å². The zero-order valence-corrected chi connectivity index (χ0v) is 11.0. The Kier molecular flexibility index (Phi) is 5.30. The Morgan fingerprint density at radius 1 is 1.11 bits per heavy atom. The van der Waals surface area contributed by atoms with E-state index in [1.54, 1.807) is 7.11 Å². The number of ether oxygens (including phenoxy) is 2. The largest absolute Gasteiger partial charge is 0.493 e. The number of hydrazine groups is 1. The van der Waals surface area contributed by atoms with Crippen LogP contribution in [0.5, 0.6) is 11.5 Å². The van der Waals surface area contributed by atoms with Gasteiger partial charge in [0.25, 0.3) is 0 Å². The smallest absolute Gasteiger partial charge is 0.161 e. The number of para-hydroxylation sites is 2. The van der Waals surface area contributed by atoms with E-state index in [0.717, 1.165) is 31.1 Å². The number of nitrogens with one attached hydrogen (secondary N) is 1. The molecule has 0 unspecified atom stereocenters. The van der Waals surface area contributed by atoms with Crippen LogP contribution in [0.15, 0.2) is 24.3 Å². The van der Waals surface area contributed by atoms with Crippen molar-refractivity contribution in [2.24, 2.45) is 0 Å². The second-order valence-corrected chi connectivity index (χ2v) is 4.46. The maximum absolute atomic E-state index is 5.70. The highest BCUT2D eigenvalue weighted by Gasteiger charge is 2.08. The SMILES string of the molecule is COc1ccccc1OCCNN1CCCCC1. The minimum Gasteiger partial charge on any atom is -0.493 e. The van der Waals surface area contributed by atoms with Crippen LogP contribution in [0.3, 0.4) is 0 Å². The second kappa shape index (κ2) is 7.24. The second-order valence-electron chi connectivity index (χ2n) is 4.46. The minimum atomic E-state index is 0.650. The monoisotopic (exact) mass is 250 g/mol. The van der Waals surface area contributed by atoms with Gasteiger partial charge in [0.15, 0.2) is 11.5 Å². The van der Waals surface area contributed by atoms with Gasteiger partial charge in [0.1, 0.15) is 6.61 Å². The molecule has 2 rings (SSSR count). The highest BCUT2D eigenvalue weighted by Crippen LogP contribution is 2.25. The third-order valence-electron chi connectivity index (χ3n) is 3.12. The maximum atomic E-state index is 5.70. The fraction of sp³-hybridized carbons (Fsp3) is 0.571. The van der Waals surface area contributed by atoms with Crippen molar-refractivity contribution in [3.8, 4) is 11.5 Å². The van der Waals surface area contributed by atoms with Gasteiger partial charge in [0, 0.05) is 19.6 Å². The fourth-order valence-corrected chi connectivity index (χ4v) is 2.15. The number of hydrogen-bond donors (Lipinski definition) is 1. The lowest BCUT2D eigenvalue weighted by Crippen LogP contribution is -2.43. The lowest BCUT2D eigenvalue weighted by Gasteiger charge is -2.27. The molecule has 0 saturated carbocycles. The molecule has 1 heterocycles. The average Bonchev–Trinajstić information content (AvgIpc) is 2.45. The summed E-state index contributed by atoms with van der Waals surface area (Å²) in [6.45, 7) is 3.78. The van der Waals surface area contributed by atoms with Gasteiger partial charge < -0.3 is 9.47 Å². The minimum absolute atomic E-state index is 0.650. The summed E-state index contributed by atoms with van der Waals surface area (Å²) in [6, 6.07) is 7.74. The Morgan fingerprint density at radius 3 is 2.56 bits per heavy atom. The summed E-state index contributed by atoms with van der Waals surface area (Å²) in [5, 5.41) is 2.29. The molecule has 0 aromatic heterocycles. The first-order valence-corrected chi connectivity index (χ1v) is 6.64. The first-order chi connectivity index (χ1) is 8.90. The van der Waals surface area contributed by atoms with Crippen LogP contribution in [0.1, 0.15) is 19.3 Å². The molecule has 1 aliphatic heterocycles. The topological polar surface area (TPSA) is 33.7 Å². The van der Waals surface area contributed by atoms with E-state index >= 15 is 0 Å². The van der Waals surface area contributed by atoms with Gasteiger partial charge in [-0.1, -0.05) is 18.6 Å². The molecule has 1 saturated heterocycles. The summed E-state index contributed by atoms with van der Waals surface area (Å²) in [5.74, 6) is 1.59. The first-order valence-electron chi connectivity index (χ1n) is 6.64. The quantitative estimate of drug-likeness (QED) is 0.784. The standard InChI is InChI=1S/C14H22N2O2/c1-17-13-7-3-4-8-14(13)18-12-9-15-16-10-5-2-6-11-16/h3-4,7-8,15H,2,5-6,9-12H2,1H3. The van der Waals surface area contributed by atoms with Crippen LogP contribution in [0.25, 0.3) is 0 Å². The van der Waals surface area contributed by atoms with Crippen molar-refractivity contribution in [2.45, 2.75) is 19.3 Å². The van der Waals surface area contributed by atoms with Crippen LogP contribution in [0.4, 0.5) is 0 Å². The van der Waals surface area contributed by atoms with Crippen LogP contribution in [-0.2, 0) is 0 Å². The van der Waals surface area contributed by atoms with E-state index in [0.29, 0.717) is 6.61 Å². The van der Waals surface area contributed by atoms with Gasteiger partial charge in [-0.25, -0.2) is 5.01 Å². The molecule has 4 heteroatoms. The van der Waals surface area contributed by atoms with Crippen LogP contribution in [-0.4, -0.2) is 38.4 Å². The fourth-order valence-electron chi connectivity index (χ4n) is 2.15. The number of benzene rings is 1. The molecule has 18 heavy (non-hydrogen) atoms. The Hall–Kier alpha value is -1.26. The molecule has 0 bridgehead atoms. The Balaban J connectivity index is 1.68. The van der Waals surface area contributed by atoms with E-state index in [1.807, 2.05) is 24.3 Å². The predicted molar refractivity (Wildman–Crippen MR) is 71.9 cm³/mol. The van der Waals surface area contributed by atoms with E-state index in [9.17, 15) is 0 Å². The summed E-state index contributed by atoms with van der Waals surface area (Å²) in [4.78, 5) is 0. The molecule has 1 aromatic rings. The summed E-state index contributed by atoms with van der Waals surface area (Å²) in [7, 11) is 1.66. The number of methoxy groups -OCH3 is 1. The average molecular weight is 250 g/mol. The van der Waals surface area contributed by atoms with Crippen LogP contribution >= 0.6 is 0 Å². The first kappa shape index (κ1) is 13.2. The van der Waals surface area contributed by atoms with Gasteiger partial charge in [-0.15, -0.1) is 0 Å². The van der Waals surface area contributed by atoms with Crippen molar-refractivity contribution in [3.63, 3.8) is 0 Å². The highest BCUT2D eigenvalue weighted by atomic mass is 16.5. The molecule has 0 aliphatic carbocycles. The molecule has 0 atom stereocenters. The molecule has 100 valence electrons. The van der Waals surface area contributed by atoms with E-state index in [4.69, 9.17) is 9.47 Å². The lowest BCUT2D eigenvalue weighted by atomic mass is 10.2. The van der Waals surface area contributed by atoms with Gasteiger partial charge in [-0.05, 0) is 25.0 Å². The lowest BCUT2D eigenvalue weighted by molar-refractivity contribution is 0.141. The highest BCUT2D eigenvalue weighted by molar-refractivity contribution is 5.39. The molecular weight excluding hydrogens is 228 g/mol. The van der Waals surface area contributed by atoms with Crippen molar-refractivity contribution < 1.29 is 9.47 Å². The van der Waals surface area contributed by atoms with Gasteiger partial charge in [0.2, 0.25) is 0 Å². The summed E-state index contributed by atoms with van der Waals surface area (Å²) < 4.78 is 10.9. The van der Waals surface area contributed by atoms with Crippen LogP contribution in [0, 0.1) is 0 Å². The number of rotatable bonds is 6. The molecule has 1 N–H and O–H groups in total. The maximum Gasteiger partial charge on any atom is 0.161 e. The van der Waals surface area contributed by atoms with E-state index in [-0.39, 0.29) is 0 Å². The van der Waals surface area contributed by atoms with Crippen molar-refractivity contribution in [3.05, 3.63) is 24.3 Å². The van der Waals surface area contributed by atoms with E-state index in [1.165, 1.54) is 19.3 Å². The van der Waals surface area contributed by atoms with Crippen LogP contribution < -0.4 is 14.9 Å². The molecule has 1 aliphatic rings. The number of nitrogens with zero attached hydrogens (tertiary/aromatic N) is 1. The third kappa shape index (κ3) is 3.89. The van der Waals surface area contributed by atoms with Gasteiger partial charge in [0.05, 0.1) is 7.11 Å². The third-order valence-corrected chi connectivity index (χ3v) is 3.12. The summed E-state index contributed by atoms with van der Waals surface area (Å²) >= 11 is 0. The van der Waals surface area contributed by atoms with Crippen LogP contribution in [0.2, 0.25) is 0 Å². The molecule has 0 radical (unpaired) electrons. The predicted octanol–water partition coefficient (Wildman–Crippen LogP) is 2.06. The number of hydrogen-bond acceptors (Lipinski definition) is 4. The zero-order chi connectivity index (χ0) is 12.6. The summed E-state index contributed by atoms with van der Waals surface area (Å²) in [6.07, 6.45) is 3.94. The number of piperidine rings is 1. The Morgan fingerprint density at radius 2 is 1.83 bits per heavy atom. The van der Waals surface area contributed by atoms with E-state index in [2.05, 4.69) is 10.4 Å².